The smallest absolute Gasteiger partial charge is 0.257 e. The largest absolute Gasteiger partial charge is 0.494 e. The van der Waals surface area contributed by atoms with Crippen molar-refractivity contribution in [1.82, 2.24) is 9.88 Å². The molecule has 0 bridgehead atoms. The normalized spacial score (nSPS) is 16.8. The average Bonchev–Trinajstić information content (AvgIpc) is 3.22. The van der Waals surface area contributed by atoms with Gasteiger partial charge in [0.05, 0.1) is 25.5 Å². The van der Waals surface area contributed by atoms with Gasteiger partial charge in [-0.25, -0.2) is 9.37 Å². The number of amides is 1. The monoisotopic (exact) mass is 441 g/mol. The third-order valence-electron chi connectivity index (χ3n) is 5.12. The van der Waals surface area contributed by atoms with Crippen LogP contribution in [-0.4, -0.2) is 48.7 Å². The Morgan fingerprint density at radius 3 is 2.84 bits per heavy atom. The Kier molecular flexibility index (Phi) is 6.60. The third-order valence-corrected chi connectivity index (χ3v) is 5.88. The number of aromatic nitrogens is 1. The molecule has 1 atom stereocenters. The van der Waals surface area contributed by atoms with Gasteiger partial charge >= 0.3 is 0 Å². The standard InChI is InChI=1S/C23H24FN3O3S/c1-15-12-27(9-10-30-15)13-16-3-5-17(6-4-16)22(28)26-23-25-20(14-31-23)18-7-8-21(29-2)19(24)11-18/h3-8,11,14-15H,9-10,12-13H2,1-2H3,(H,25,26,28)/t15-/m1/s1. The molecule has 6 nitrogen and oxygen atoms in total. The maximum Gasteiger partial charge on any atom is 0.257 e. The van der Waals surface area contributed by atoms with Gasteiger partial charge in [-0.05, 0) is 42.8 Å². The first-order chi connectivity index (χ1) is 15.0. The first-order valence-electron chi connectivity index (χ1n) is 10.1. The van der Waals surface area contributed by atoms with Crippen molar-refractivity contribution in [2.75, 3.05) is 32.1 Å². The first kappa shape index (κ1) is 21.4. The molecule has 2 heterocycles. The van der Waals surface area contributed by atoms with Crippen LogP contribution in [0.4, 0.5) is 9.52 Å². The average molecular weight is 442 g/mol. The van der Waals surface area contributed by atoms with E-state index >= 15 is 0 Å². The molecule has 1 N–H and O–H groups in total. The van der Waals surface area contributed by atoms with E-state index in [1.165, 1.54) is 24.5 Å². The number of benzene rings is 2. The summed E-state index contributed by atoms with van der Waals surface area (Å²) in [5, 5.41) is 5.06. The van der Waals surface area contributed by atoms with Gasteiger partial charge in [-0.1, -0.05) is 12.1 Å². The summed E-state index contributed by atoms with van der Waals surface area (Å²) in [5.74, 6) is -0.502. The maximum absolute atomic E-state index is 13.9. The van der Waals surface area contributed by atoms with Crippen LogP contribution < -0.4 is 10.1 Å². The second-order valence-electron chi connectivity index (χ2n) is 7.45. The minimum absolute atomic E-state index is 0.180. The predicted octanol–water partition coefficient (Wildman–Crippen LogP) is 4.43. The zero-order chi connectivity index (χ0) is 21.8. The number of morpholine rings is 1. The molecule has 1 amide bonds. The van der Waals surface area contributed by atoms with Crippen molar-refractivity contribution in [3.63, 3.8) is 0 Å². The SMILES string of the molecule is COc1ccc(-c2csc(NC(=O)c3ccc(CN4CCO[C@H](C)C4)cc3)n2)cc1F. The molecule has 162 valence electrons. The molecule has 1 saturated heterocycles. The van der Waals surface area contributed by atoms with Crippen molar-refractivity contribution < 1.29 is 18.7 Å². The van der Waals surface area contributed by atoms with Crippen LogP contribution in [-0.2, 0) is 11.3 Å². The van der Waals surface area contributed by atoms with Crippen LogP contribution in [0, 0.1) is 5.82 Å². The van der Waals surface area contributed by atoms with E-state index in [4.69, 9.17) is 9.47 Å². The lowest BCUT2D eigenvalue weighted by atomic mass is 10.1. The second-order valence-corrected chi connectivity index (χ2v) is 8.31. The highest BCUT2D eigenvalue weighted by molar-refractivity contribution is 7.14. The molecule has 4 rings (SSSR count). The van der Waals surface area contributed by atoms with E-state index in [0.29, 0.717) is 22.0 Å². The number of methoxy groups -OCH3 is 1. The van der Waals surface area contributed by atoms with Gasteiger partial charge in [0.1, 0.15) is 0 Å². The van der Waals surface area contributed by atoms with Gasteiger partial charge < -0.3 is 9.47 Å². The molecule has 1 aliphatic heterocycles. The van der Waals surface area contributed by atoms with E-state index < -0.39 is 5.82 Å². The molecule has 1 fully saturated rings. The third kappa shape index (κ3) is 5.28. The number of carbonyl (C=O) groups excluding carboxylic acids is 1. The molecule has 0 unspecified atom stereocenters. The van der Waals surface area contributed by atoms with Crippen LogP contribution in [0.2, 0.25) is 0 Å². The molecule has 0 radical (unpaired) electrons. The summed E-state index contributed by atoms with van der Waals surface area (Å²) in [5.41, 5.74) is 2.93. The van der Waals surface area contributed by atoms with Crippen molar-refractivity contribution >= 4 is 22.4 Å². The zero-order valence-electron chi connectivity index (χ0n) is 17.4. The van der Waals surface area contributed by atoms with Gasteiger partial charge in [0, 0.05) is 36.1 Å². The number of halogens is 1. The molecular formula is C23H24FN3O3S. The molecule has 8 heteroatoms. The van der Waals surface area contributed by atoms with E-state index in [-0.39, 0.29) is 17.8 Å². The van der Waals surface area contributed by atoms with E-state index in [1.54, 1.807) is 17.5 Å². The Morgan fingerprint density at radius 2 is 2.13 bits per heavy atom. The molecule has 0 saturated carbocycles. The summed E-state index contributed by atoms with van der Waals surface area (Å²) in [6, 6.07) is 12.3. The summed E-state index contributed by atoms with van der Waals surface area (Å²) in [6.07, 6.45) is 0.247. The van der Waals surface area contributed by atoms with E-state index in [0.717, 1.165) is 31.8 Å². The van der Waals surface area contributed by atoms with Gasteiger partial charge in [-0.3, -0.25) is 15.0 Å². The van der Waals surface area contributed by atoms with Gasteiger partial charge in [0.15, 0.2) is 16.7 Å². The quantitative estimate of drug-likeness (QED) is 0.613. The fourth-order valence-electron chi connectivity index (χ4n) is 3.51. The van der Waals surface area contributed by atoms with Crippen LogP contribution >= 0.6 is 11.3 Å². The van der Waals surface area contributed by atoms with Crippen LogP contribution in [0.25, 0.3) is 11.3 Å². The lowest BCUT2D eigenvalue weighted by molar-refractivity contribution is -0.0212. The Hall–Kier alpha value is -2.81. The highest BCUT2D eigenvalue weighted by Gasteiger charge is 2.17. The van der Waals surface area contributed by atoms with Crippen molar-refractivity contribution in [3.8, 4) is 17.0 Å². The predicted molar refractivity (Wildman–Crippen MR) is 119 cm³/mol. The van der Waals surface area contributed by atoms with Crippen molar-refractivity contribution in [2.45, 2.75) is 19.6 Å². The summed E-state index contributed by atoms with van der Waals surface area (Å²) in [6.45, 7) is 5.49. The summed E-state index contributed by atoms with van der Waals surface area (Å²) < 4.78 is 24.5. The Morgan fingerprint density at radius 1 is 1.32 bits per heavy atom. The fourth-order valence-corrected chi connectivity index (χ4v) is 4.23. The van der Waals surface area contributed by atoms with Crippen LogP contribution in [0.3, 0.4) is 0 Å². The summed E-state index contributed by atoms with van der Waals surface area (Å²) in [7, 11) is 1.42. The number of rotatable bonds is 6. The highest BCUT2D eigenvalue weighted by atomic mass is 32.1. The molecule has 2 aromatic carbocycles. The number of hydrogen-bond acceptors (Lipinski definition) is 6. The molecule has 1 aromatic heterocycles. The highest BCUT2D eigenvalue weighted by Crippen LogP contribution is 2.28. The van der Waals surface area contributed by atoms with Crippen molar-refractivity contribution in [1.29, 1.82) is 0 Å². The zero-order valence-corrected chi connectivity index (χ0v) is 18.2. The van der Waals surface area contributed by atoms with Gasteiger partial charge in [0.25, 0.3) is 5.91 Å². The van der Waals surface area contributed by atoms with Gasteiger partial charge in [0.2, 0.25) is 0 Å². The van der Waals surface area contributed by atoms with E-state index in [1.807, 2.05) is 24.3 Å². The number of nitrogens with zero attached hydrogens (tertiary/aromatic N) is 2. The van der Waals surface area contributed by atoms with Crippen LogP contribution in [0.15, 0.2) is 47.8 Å². The first-order valence-corrected chi connectivity index (χ1v) is 10.9. The van der Waals surface area contributed by atoms with Gasteiger partial charge in [-0.15, -0.1) is 11.3 Å². The number of nitrogens with one attached hydrogen (secondary N) is 1. The van der Waals surface area contributed by atoms with Crippen molar-refractivity contribution in [2.24, 2.45) is 0 Å². The minimum atomic E-state index is -0.454. The Labute approximate surface area is 184 Å². The Balaban J connectivity index is 1.38. The number of hydrogen-bond donors (Lipinski definition) is 1. The molecule has 0 aliphatic carbocycles. The minimum Gasteiger partial charge on any atom is -0.494 e. The van der Waals surface area contributed by atoms with Gasteiger partial charge in [-0.2, -0.15) is 0 Å². The molecule has 3 aromatic rings. The number of carbonyl (C=O) groups is 1. The second kappa shape index (κ2) is 9.55. The molecule has 1 aliphatic rings. The van der Waals surface area contributed by atoms with Crippen LogP contribution in [0.1, 0.15) is 22.8 Å². The molecule has 31 heavy (non-hydrogen) atoms. The molecule has 0 spiro atoms. The lowest BCUT2D eigenvalue weighted by Gasteiger charge is -2.31. The lowest BCUT2D eigenvalue weighted by Crippen LogP contribution is -2.40. The topological polar surface area (TPSA) is 63.7 Å². The summed E-state index contributed by atoms with van der Waals surface area (Å²) >= 11 is 1.29. The molecular weight excluding hydrogens is 417 g/mol. The fraction of sp³-hybridized carbons (Fsp3) is 0.304. The van der Waals surface area contributed by atoms with E-state index in [9.17, 15) is 9.18 Å². The Bertz CT molecular complexity index is 1050. The summed E-state index contributed by atoms with van der Waals surface area (Å²) in [4.78, 5) is 19.3. The maximum atomic E-state index is 13.9. The van der Waals surface area contributed by atoms with Crippen molar-refractivity contribution in [3.05, 3.63) is 64.8 Å². The number of anilines is 1. The van der Waals surface area contributed by atoms with E-state index in [2.05, 4.69) is 22.1 Å². The number of ether oxygens (including phenoxy) is 2. The van der Waals surface area contributed by atoms with Crippen LogP contribution in [0.5, 0.6) is 5.75 Å². The number of thiazole rings is 1.